The summed E-state index contributed by atoms with van der Waals surface area (Å²) in [5, 5.41) is 15.2. The van der Waals surface area contributed by atoms with E-state index in [1.807, 2.05) is 0 Å². The van der Waals surface area contributed by atoms with Crippen molar-refractivity contribution in [3.63, 3.8) is 0 Å². The molecular weight excluding hydrogens is 356 g/mol. The van der Waals surface area contributed by atoms with Crippen LogP contribution in [0, 0.1) is 23.2 Å². The molecule has 0 aliphatic heterocycles. The number of hydrogen-bond donors (Lipinski definition) is 3. The third-order valence-electron chi connectivity index (χ3n) is 6.75. The van der Waals surface area contributed by atoms with Gasteiger partial charge in [0.05, 0.1) is 0 Å². The van der Waals surface area contributed by atoms with Gasteiger partial charge in [0.25, 0.3) is 5.91 Å². The van der Waals surface area contributed by atoms with Gasteiger partial charge in [-0.15, -0.1) is 0 Å². The van der Waals surface area contributed by atoms with Crippen LogP contribution in [0.15, 0.2) is 24.3 Å². The van der Waals surface area contributed by atoms with Gasteiger partial charge in [-0.25, -0.2) is 0 Å². The number of carbonyl (C=O) groups is 2. The molecule has 0 aromatic heterocycles. The predicted octanol–water partition coefficient (Wildman–Crippen LogP) is 2.61. The van der Waals surface area contributed by atoms with E-state index in [-0.39, 0.29) is 23.0 Å². The first-order valence-corrected chi connectivity index (χ1v) is 10.5. The van der Waals surface area contributed by atoms with E-state index in [4.69, 9.17) is 4.74 Å². The minimum absolute atomic E-state index is 0.145. The van der Waals surface area contributed by atoms with Gasteiger partial charge >= 0.3 is 0 Å². The van der Waals surface area contributed by atoms with Crippen LogP contribution in [0.4, 0.5) is 0 Å². The summed E-state index contributed by atoms with van der Waals surface area (Å²) in [5.74, 6) is 2.87. The van der Waals surface area contributed by atoms with E-state index < -0.39 is 6.10 Å². The van der Waals surface area contributed by atoms with E-state index in [1.165, 1.54) is 31.4 Å². The zero-order chi connectivity index (χ0) is 19.7. The van der Waals surface area contributed by atoms with Crippen molar-refractivity contribution in [2.75, 3.05) is 13.1 Å². The molecule has 1 aromatic rings. The minimum atomic E-state index is -0.650. The van der Waals surface area contributed by atoms with Gasteiger partial charge in [0.1, 0.15) is 11.5 Å². The van der Waals surface area contributed by atoms with Crippen molar-refractivity contribution in [2.24, 2.45) is 23.2 Å². The topological polar surface area (TPSA) is 87.7 Å². The van der Waals surface area contributed by atoms with Gasteiger partial charge in [-0.05, 0) is 87.5 Å². The smallest absolute Gasteiger partial charge is 0.260 e. The first-order valence-electron chi connectivity index (χ1n) is 10.5. The highest BCUT2D eigenvalue weighted by Crippen LogP contribution is 2.60. The Balaban J connectivity index is 1.19. The summed E-state index contributed by atoms with van der Waals surface area (Å²) in [6.07, 6.45) is 6.46. The number of benzene rings is 1. The van der Waals surface area contributed by atoms with Gasteiger partial charge in [0.15, 0.2) is 6.10 Å². The van der Waals surface area contributed by atoms with Crippen LogP contribution in [0.3, 0.4) is 0 Å². The molecule has 4 saturated carbocycles. The van der Waals surface area contributed by atoms with E-state index in [0.717, 1.165) is 37.0 Å². The monoisotopic (exact) mass is 386 g/mol. The van der Waals surface area contributed by atoms with Crippen LogP contribution in [0.2, 0.25) is 0 Å². The first kappa shape index (κ1) is 19.1. The Morgan fingerprint density at radius 1 is 1.04 bits per heavy atom. The molecule has 1 atom stereocenters. The number of rotatable bonds is 7. The summed E-state index contributed by atoms with van der Waals surface area (Å²) >= 11 is 0. The lowest BCUT2D eigenvalue weighted by molar-refractivity contribution is -0.146. The second-order valence-corrected chi connectivity index (χ2v) is 9.00. The number of nitrogens with one attached hydrogen (secondary N) is 2. The van der Waals surface area contributed by atoms with Crippen LogP contribution in [-0.2, 0) is 9.59 Å². The van der Waals surface area contributed by atoms with E-state index in [9.17, 15) is 14.7 Å². The van der Waals surface area contributed by atoms with Crippen LogP contribution in [0.25, 0.3) is 0 Å². The quantitative estimate of drug-likeness (QED) is 0.629. The van der Waals surface area contributed by atoms with Gasteiger partial charge in [-0.2, -0.15) is 0 Å². The zero-order valence-electron chi connectivity index (χ0n) is 16.4. The van der Waals surface area contributed by atoms with Crippen LogP contribution in [0.5, 0.6) is 11.5 Å². The van der Waals surface area contributed by atoms with E-state index >= 15 is 0 Å². The summed E-state index contributed by atoms with van der Waals surface area (Å²) in [6, 6.07) is 6.26. The third-order valence-corrected chi connectivity index (χ3v) is 6.75. The molecule has 0 radical (unpaired) electrons. The van der Waals surface area contributed by atoms with Crippen LogP contribution in [0.1, 0.15) is 45.4 Å². The van der Waals surface area contributed by atoms with E-state index in [1.54, 1.807) is 19.1 Å². The van der Waals surface area contributed by atoms with Crippen molar-refractivity contribution in [1.82, 2.24) is 10.6 Å². The van der Waals surface area contributed by atoms with Crippen molar-refractivity contribution in [2.45, 2.75) is 51.6 Å². The fraction of sp³-hybridized carbons (Fsp3) is 0.636. The molecule has 28 heavy (non-hydrogen) atoms. The molecule has 1 unspecified atom stereocenters. The maximum Gasteiger partial charge on any atom is 0.260 e. The number of ether oxygens (including phenoxy) is 1. The SMILES string of the molecule is CC(Oc1ccc(O)cc1)C(=O)NCCNC(=O)C12CC3CC(CC(C3)C1)C2. The molecule has 0 spiro atoms. The van der Waals surface area contributed by atoms with Crippen LogP contribution in [-0.4, -0.2) is 36.1 Å². The highest BCUT2D eigenvalue weighted by molar-refractivity contribution is 5.83. The molecule has 2 amide bonds. The average Bonchev–Trinajstić information content (AvgIpc) is 2.65. The largest absolute Gasteiger partial charge is 0.508 e. The summed E-state index contributed by atoms with van der Waals surface area (Å²) in [5.41, 5.74) is -0.145. The van der Waals surface area contributed by atoms with Crippen molar-refractivity contribution >= 4 is 11.8 Å². The molecule has 4 bridgehead atoms. The number of aromatic hydroxyl groups is 1. The standard InChI is InChI=1S/C22H30N2O4/c1-14(28-19-4-2-18(25)3-5-19)20(26)23-6-7-24-21(27)22-11-15-8-16(12-22)10-17(9-15)13-22/h2-5,14-17,25H,6-13H2,1H3,(H,23,26)(H,24,27). The normalized spacial score (nSPS) is 31.2. The Morgan fingerprint density at radius 3 is 2.14 bits per heavy atom. The molecule has 0 saturated heterocycles. The van der Waals surface area contributed by atoms with Gasteiger partial charge in [0, 0.05) is 18.5 Å². The number of carbonyl (C=O) groups excluding carboxylic acids is 2. The van der Waals surface area contributed by atoms with Crippen molar-refractivity contribution in [1.29, 1.82) is 0 Å². The van der Waals surface area contributed by atoms with Crippen molar-refractivity contribution in [3.05, 3.63) is 24.3 Å². The first-order chi connectivity index (χ1) is 13.4. The maximum absolute atomic E-state index is 12.9. The fourth-order valence-corrected chi connectivity index (χ4v) is 5.86. The molecule has 4 aliphatic carbocycles. The lowest BCUT2D eigenvalue weighted by Gasteiger charge is -2.55. The Kier molecular flexibility index (Phi) is 5.21. The van der Waals surface area contributed by atoms with Crippen molar-refractivity contribution < 1.29 is 19.4 Å². The van der Waals surface area contributed by atoms with Crippen LogP contribution < -0.4 is 15.4 Å². The Morgan fingerprint density at radius 2 is 1.57 bits per heavy atom. The molecule has 0 heterocycles. The van der Waals surface area contributed by atoms with E-state index in [2.05, 4.69) is 10.6 Å². The van der Waals surface area contributed by atoms with Gasteiger partial charge < -0.3 is 20.5 Å². The molecule has 1 aromatic carbocycles. The van der Waals surface area contributed by atoms with Crippen LogP contribution >= 0.6 is 0 Å². The van der Waals surface area contributed by atoms with Crippen molar-refractivity contribution in [3.8, 4) is 11.5 Å². The summed E-state index contributed by atoms with van der Waals surface area (Å²) in [7, 11) is 0. The summed E-state index contributed by atoms with van der Waals surface area (Å²) in [6.45, 7) is 2.51. The summed E-state index contributed by atoms with van der Waals surface area (Å²) < 4.78 is 5.56. The number of amides is 2. The lowest BCUT2D eigenvalue weighted by Crippen LogP contribution is -2.54. The third kappa shape index (κ3) is 3.96. The van der Waals surface area contributed by atoms with Gasteiger partial charge in [-0.3, -0.25) is 9.59 Å². The zero-order valence-corrected chi connectivity index (χ0v) is 16.4. The highest BCUT2D eigenvalue weighted by Gasteiger charge is 2.54. The predicted molar refractivity (Wildman–Crippen MR) is 105 cm³/mol. The van der Waals surface area contributed by atoms with E-state index in [0.29, 0.717) is 18.8 Å². The maximum atomic E-state index is 12.9. The minimum Gasteiger partial charge on any atom is -0.508 e. The van der Waals surface area contributed by atoms with Gasteiger partial charge in [-0.1, -0.05) is 0 Å². The number of hydrogen-bond acceptors (Lipinski definition) is 4. The molecule has 4 fully saturated rings. The molecule has 6 heteroatoms. The lowest BCUT2D eigenvalue weighted by atomic mass is 9.49. The molecular formula is C22H30N2O4. The number of phenols is 1. The molecule has 3 N–H and O–H groups in total. The van der Waals surface area contributed by atoms with Gasteiger partial charge in [0.2, 0.25) is 5.91 Å². The highest BCUT2D eigenvalue weighted by atomic mass is 16.5. The second kappa shape index (κ2) is 7.64. The molecule has 4 aliphatic rings. The molecule has 6 nitrogen and oxygen atoms in total. The Hall–Kier alpha value is -2.24. The molecule has 5 rings (SSSR count). The Bertz CT molecular complexity index is 695. The average molecular weight is 386 g/mol. The second-order valence-electron chi connectivity index (χ2n) is 9.00. The Labute approximate surface area is 166 Å². The number of phenolic OH excluding ortho intramolecular Hbond substituents is 1. The molecule has 152 valence electrons. The fourth-order valence-electron chi connectivity index (χ4n) is 5.86. The summed E-state index contributed by atoms with van der Waals surface area (Å²) in [4.78, 5) is 25.1.